The summed E-state index contributed by atoms with van der Waals surface area (Å²) < 4.78 is 35.5. The van der Waals surface area contributed by atoms with Crippen LogP contribution in [0, 0.1) is 0 Å². The van der Waals surface area contributed by atoms with Gasteiger partial charge in [-0.05, 0) is 225 Å². The summed E-state index contributed by atoms with van der Waals surface area (Å²) >= 11 is 0. The molecule has 0 aliphatic heterocycles. The summed E-state index contributed by atoms with van der Waals surface area (Å²) in [7, 11) is -3.24. The van der Waals surface area contributed by atoms with Gasteiger partial charge < -0.3 is 19.9 Å². The molecular weight excluding hydrogens is 1740 g/mol. The highest BCUT2D eigenvalue weighted by molar-refractivity contribution is 7.91. The van der Waals surface area contributed by atoms with E-state index in [4.69, 9.17) is 40.6 Å². The fourth-order valence-corrected chi connectivity index (χ4v) is 15.7. The monoisotopic (exact) mass is 1860 g/mol. The number of amides is 6. The van der Waals surface area contributed by atoms with E-state index < -0.39 is 21.7 Å². The van der Waals surface area contributed by atoms with E-state index in [0.29, 0.717) is 102 Å². The van der Waals surface area contributed by atoms with Gasteiger partial charge in [0.1, 0.15) is 23.0 Å². The van der Waals surface area contributed by atoms with Gasteiger partial charge in [0.2, 0.25) is 35.4 Å². The number of hydroxylamine groups is 5. The van der Waals surface area contributed by atoms with Crippen molar-refractivity contribution in [1.82, 2.24) is 27.4 Å². The maximum atomic E-state index is 12.2. The van der Waals surface area contributed by atoms with Crippen LogP contribution in [0.15, 0.2) is 341 Å². The smallest absolute Gasteiger partial charge is 0.247 e. The van der Waals surface area contributed by atoms with E-state index in [1.807, 2.05) is 66.7 Å². The van der Waals surface area contributed by atoms with Crippen molar-refractivity contribution in [2.45, 2.75) is 185 Å². The summed E-state index contributed by atoms with van der Waals surface area (Å²) in [4.78, 5) is 91.4. The van der Waals surface area contributed by atoms with Gasteiger partial charge in [-0.25, -0.2) is 35.8 Å². The Morgan fingerprint density at radius 2 is 0.515 bits per heavy atom. The van der Waals surface area contributed by atoms with E-state index >= 15 is 0 Å². The predicted molar refractivity (Wildman–Crippen MR) is 527 cm³/mol. The van der Waals surface area contributed by atoms with Gasteiger partial charge in [0.15, 0.2) is 21.4 Å². The van der Waals surface area contributed by atoms with Crippen LogP contribution in [0.4, 0.5) is 11.4 Å². The number of benzene rings is 11. The molecule has 2 heterocycles. The summed E-state index contributed by atoms with van der Waals surface area (Å²) in [6.07, 6.45) is 20.5. The first kappa shape index (κ1) is 107. The Bertz CT molecular complexity index is 5780. The van der Waals surface area contributed by atoms with Crippen molar-refractivity contribution in [2.24, 2.45) is 0 Å². The molecule has 136 heavy (non-hydrogen) atoms. The number of nitrogen functional groups attached to an aromatic ring is 1. The number of anilines is 2. The Morgan fingerprint density at radius 1 is 0.243 bits per heavy atom. The number of unbranched alkanes of at least 4 members (excludes halogenated alkanes) is 2. The number of Topliss-reactive ketones (excluding diaryl/α,β-unsaturated/α-hetero) is 2. The second-order valence-electron chi connectivity index (χ2n) is 32.6. The summed E-state index contributed by atoms with van der Waals surface area (Å²) in [5, 5.41) is 45.0. The van der Waals surface area contributed by atoms with Gasteiger partial charge in [-0.2, -0.15) is 0 Å². The van der Waals surface area contributed by atoms with Crippen molar-refractivity contribution >= 4 is 68.2 Å². The first-order valence-corrected chi connectivity index (χ1v) is 47.6. The zero-order chi connectivity index (χ0) is 97.0. The standard InChI is InChI=1S/C21H20N2O3.C20H25NO2.2C19H23NO2.C17H19NO4S.C15H15NO4/c22-18-8-4-5-9-19(18)23-21(25)13-12-16-10-11-17(26-16)14-20(24)15-6-2-1-3-7-15;22-20(21-23)12-6-11-19-15-13-18(14-16-19)10-5-4-9-17-7-2-1-3-8-17;21-19(20-22)11-5-10-18-14-12-17(13-15-18)9-4-8-16-6-2-1-3-7-16;21-19(20-22)15-14-18-12-10-17(11-13-18)9-5-4-8-16-6-2-1-3-7-16;19-17(18-20)13-15-10-8-14(9-11-15)5-4-12-23(21,22)16-6-2-1-3-7-16;17-14(11-4-2-1-3-5-11)10-13-7-6-12(20-13)8-9-15(18)16-19/h1-11H,12-14,22H2,(H,23,25);1-3,7-8,13-16,23H,4-6,9-12H2,(H,21,22);1-3,6-7,12-15,22H,4-5,8-11H2,(H,20,21);1-3,6-7,10-13,22H,4-5,8-9,14-15H2,(H,20,21);1-3,6-11,20H,4-5,12-13H2,(H,18,19);1-7,19H,8-10H2,(H,16,18). The number of carbonyl (C=O) groups is 8. The van der Waals surface area contributed by atoms with Crippen LogP contribution in [-0.4, -0.2) is 87.2 Å². The van der Waals surface area contributed by atoms with Crippen molar-refractivity contribution in [2.75, 3.05) is 16.8 Å². The van der Waals surface area contributed by atoms with Crippen LogP contribution in [0.2, 0.25) is 0 Å². The Labute approximate surface area is 797 Å². The van der Waals surface area contributed by atoms with Crippen molar-refractivity contribution in [3.8, 4) is 0 Å². The van der Waals surface area contributed by atoms with Gasteiger partial charge in [-0.3, -0.25) is 64.4 Å². The Hall–Kier alpha value is -14.3. The summed E-state index contributed by atoms with van der Waals surface area (Å²) in [5.41, 5.74) is 30.0. The molecule has 24 nitrogen and oxygen atoms in total. The molecule has 712 valence electrons. The van der Waals surface area contributed by atoms with Crippen LogP contribution in [0.3, 0.4) is 0 Å². The minimum absolute atomic E-state index is 0.00351. The molecule has 0 aliphatic rings. The molecule has 25 heteroatoms. The quantitative estimate of drug-likeness (QED) is 0.00554. The van der Waals surface area contributed by atoms with Crippen molar-refractivity contribution < 1.29 is 81.6 Å². The van der Waals surface area contributed by atoms with Gasteiger partial charge in [0.25, 0.3) is 0 Å². The van der Waals surface area contributed by atoms with E-state index in [1.165, 1.54) is 70.2 Å². The number of carbonyl (C=O) groups excluding carboxylic acids is 8. The lowest BCUT2D eigenvalue weighted by Crippen LogP contribution is -2.20. The number of nitrogens with one attached hydrogen (secondary N) is 6. The molecule has 0 radical (unpaired) electrons. The predicted octanol–water partition coefficient (Wildman–Crippen LogP) is 19.6. The summed E-state index contributed by atoms with van der Waals surface area (Å²) in [6, 6.07) is 105. The third kappa shape index (κ3) is 43.6. The molecule has 6 amide bonds. The van der Waals surface area contributed by atoms with E-state index in [2.05, 4.69) is 163 Å². The highest BCUT2D eigenvalue weighted by Crippen LogP contribution is 2.23. The van der Waals surface area contributed by atoms with Crippen LogP contribution in [0.1, 0.15) is 188 Å². The molecule has 0 spiro atoms. The first-order valence-electron chi connectivity index (χ1n) is 46.0. The highest BCUT2D eigenvalue weighted by Gasteiger charge is 2.17. The van der Waals surface area contributed by atoms with Crippen molar-refractivity contribution in [3.05, 3.63) is 423 Å². The molecule has 0 saturated heterocycles. The molecule has 0 fully saturated rings. The molecule has 2 aromatic heterocycles. The molecule has 0 bridgehead atoms. The number of para-hydroxylation sites is 2. The Morgan fingerprint density at radius 3 is 0.875 bits per heavy atom. The highest BCUT2D eigenvalue weighted by atomic mass is 32.2. The van der Waals surface area contributed by atoms with Gasteiger partial charge >= 0.3 is 0 Å². The third-order valence-corrected chi connectivity index (χ3v) is 23.8. The lowest BCUT2D eigenvalue weighted by molar-refractivity contribution is -0.129. The number of hydrogen-bond acceptors (Lipinski definition) is 18. The van der Waals surface area contributed by atoms with E-state index in [9.17, 15) is 46.8 Å². The number of nitrogens with two attached hydrogens (primary N) is 1. The molecule has 13 aromatic rings. The molecule has 11 aromatic carbocycles. The van der Waals surface area contributed by atoms with E-state index in [-0.39, 0.29) is 73.1 Å². The van der Waals surface area contributed by atoms with Gasteiger partial charge in [0, 0.05) is 56.1 Å². The normalized spacial score (nSPS) is 10.5. The molecule has 13 rings (SSSR count). The zero-order valence-electron chi connectivity index (χ0n) is 76.8. The van der Waals surface area contributed by atoms with Crippen LogP contribution < -0.4 is 38.5 Å². The molecule has 0 saturated carbocycles. The molecular formula is C111H125N7O17S. The van der Waals surface area contributed by atoms with Gasteiger partial charge in [-0.15, -0.1) is 0 Å². The first-order chi connectivity index (χ1) is 66.1. The largest absolute Gasteiger partial charge is 0.466 e. The van der Waals surface area contributed by atoms with E-state index in [0.717, 1.165) is 87.3 Å². The van der Waals surface area contributed by atoms with Crippen LogP contribution in [-0.2, 0) is 135 Å². The number of rotatable bonds is 45. The minimum Gasteiger partial charge on any atom is -0.466 e. The number of sulfone groups is 1. The lowest BCUT2D eigenvalue weighted by atomic mass is 10.0. The van der Waals surface area contributed by atoms with Gasteiger partial charge in [-0.1, -0.05) is 279 Å². The molecule has 0 unspecified atom stereocenters. The fourth-order valence-electron chi connectivity index (χ4n) is 14.4. The van der Waals surface area contributed by atoms with Crippen LogP contribution in [0.5, 0.6) is 0 Å². The maximum absolute atomic E-state index is 12.2. The Kier molecular flexibility index (Phi) is 49.0. The van der Waals surface area contributed by atoms with Crippen LogP contribution >= 0.6 is 0 Å². The van der Waals surface area contributed by atoms with Crippen molar-refractivity contribution in [1.29, 1.82) is 0 Å². The number of ketones is 2. The summed E-state index contributed by atoms with van der Waals surface area (Å²) in [6.45, 7) is 0. The topological polar surface area (TPSA) is 396 Å². The molecule has 0 atom stereocenters. The molecule has 0 aliphatic carbocycles. The lowest BCUT2D eigenvalue weighted by Gasteiger charge is -2.07. The second kappa shape index (κ2) is 62.2. The minimum atomic E-state index is -3.24. The second-order valence-corrected chi connectivity index (χ2v) is 34.7. The van der Waals surface area contributed by atoms with E-state index in [1.54, 1.807) is 131 Å². The average Bonchev–Trinajstić information content (AvgIpc) is 1.07. The van der Waals surface area contributed by atoms with Crippen LogP contribution in [0.25, 0.3) is 0 Å². The Balaban J connectivity index is 0.000000201. The molecule has 13 N–H and O–H groups in total. The number of hydrogen-bond donors (Lipinski definition) is 12. The van der Waals surface area contributed by atoms with Gasteiger partial charge in [0.05, 0.1) is 41.3 Å². The number of aryl methyl sites for hydroxylation is 12. The number of furan rings is 2. The fraction of sp³-hybridized carbons (Fsp3) is 0.261. The van der Waals surface area contributed by atoms with Crippen molar-refractivity contribution in [3.63, 3.8) is 0 Å². The summed E-state index contributed by atoms with van der Waals surface area (Å²) in [5.74, 6) is 0.495. The third-order valence-electron chi connectivity index (χ3n) is 22.0. The zero-order valence-corrected chi connectivity index (χ0v) is 77.6. The average molecular weight is 1860 g/mol. The SMILES string of the molecule is Nc1ccccc1NC(=O)CCc1ccc(CC(=O)c2ccccc2)o1.O=C(CCCc1ccc(CCCCc2ccccc2)cc1)NO.O=C(CCCc1ccc(CCCc2ccccc2)cc1)NO.O=C(CCc1ccc(CC(=O)c2ccccc2)o1)NO.O=C(CCc1ccc(CCCCc2ccccc2)cc1)NO.O=C(Cc1ccc(CCCS(=O)(=O)c2ccccc2)cc1)NO. The maximum Gasteiger partial charge on any atom is 0.247 e.